The second kappa shape index (κ2) is 4.92. The number of nitrogens with zero attached hydrogens (tertiary/aromatic N) is 4. The van der Waals surface area contributed by atoms with Gasteiger partial charge in [-0.05, 0) is 6.92 Å². The maximum Gasteiger partial charge on any atom is 0.256 e. The van der Waals surface area contributed by atoms with E-state index in [4.69, 9.17) is 4.74 Å². The number of hydrogen-bond acceptors (Lipinski definition) is 6. The summed E-state index contributed by atoms with van der Waals surface area (Å²) in [7, 11) is 1.56. The Kier molecular flexibility index (Phi) is 3.09. The van der Waals surface area contributed by atoms with Crippen LogP contribution in [0.25, 0.3) is 0 Å². The lowest BCUT2D eigenvalue weighted by molar-refractivity contribution is 0.396. The maximum absolute atomic E-state index is 12.0. The van der Waals surface area contributed by atoms with Crippen molar-refractivity contribution < 1.29 is 4.74 Å². The normalized spacial score (nSPS) is 14.0. The molecule has 1 N–H and O–H groups in total. The summed E-state index contributed by atoms with van der Waals surface area (Å²) >= 11 is 0. The van der Waals surface area contributed by atoms with E-state index in [0.717, 1.165) is 12.2 Å². The van der Waals surface area contributed by atoms with Crippen LogP contribution in [-0.4, -0.2) is 33.6 Å². The number of aromatic nitrogens is 4. The largest absolute Gasteiger partial charge is 0.481 e. The molecule has 2 aromatic heterocycles. The van der Waals surface area contributed by atoms with Crippen LogP contribution in [0.15, 0.2) is 17.1 Å². The summed E-state index contributed by atoms with van der Waals surface area (Å²) in [4.78, 5) is 29.6. The minimum atomic E-state index is -0.0832. The number of anilines is 1. The number of fused-ring (bicyclic) bond motifs is 1. The molecule has 0 radical (unpaired) electrons. The minimum absolute atomic E-state index is 0.0832. The molecule has 3 heterocycles. The quantitative estimate of drug-likeness (QED) is 0.854. The Hall–Kier alpha value is -2.44. The molecule has 1 aliphatic heterocycles. The molecule has 7 nitrogen and oxygen atoms in total. The van der Waals surface area contributed by atoms with Crippen LogP contribution in [0.1, 0.15) is 17.1 Å². The van der Waals surface area contributed by atoms with E-state index in [9.17, 15) is 4.79 Å². The van der Waals surface area contributed by atoms with Gasteiger partial charge in [-0.3, -0.25) is 4.79 Å². The number of H-pyrrole nitrogens is 1. The predicted molar refractivity (Wildman–Crippen MR) is 72.9 cm³/mol. The summed E-state index contributed by atoms with van der Waals surface area (Å²) < 4.78 is 5.10. The van der Waals surface area contributed by atoms with E-state index >= 15 is 0 Å². The van der Waals surface area contributed by atoms with Crippen molar-refractivity contribution in [1.29, 1.82) is 0 Å². The van der Waals surface area contributed by atoms with Crippen molar-refractivity contribution >= 4 is 5.95 Å². The van der Waals surface area contributed by atoms with Gasteiger partial charge < -0.3 is 14.6 Å². The van der Waals surface area contributed by atoms with Crippen LogP contribution in [0.3, 0.4) is 0 Å². The highest BCUT2D eigenvalue weighted by atomic mass is 16.5. The molecule has 1 aliphatic rings. The average molecular weight is 273 g/mol. The Labute approximate surface area is 115 Å². The number of ether oxygens (including phenoxy) is 1. The molecule has 3 rings (SSSR count). The second-order valence-electron chi connectivity index (χ2n) is 4.65. The van der Waals surface area contributed by atoms with Crippen molar-refractivity contribution in [3.63, 3.8) is 0 Å². The first-order valence-corrected chi connectivity index (χ1v) is 6.38. The van der Waals surface area contributed by atoms with Crippen LogP contribution < -0.4 is 15.2 Å². The lowest BCUT2D eigenvalue weighted by Crippen LogP contribution is -2.36. The summed E-state index contributed by atoms with van der Waals surface area (Å²) in [6.45, 7) is 2.99. The Morgan fingerprint density at radius 2 is 2.25 bits per heavy atom. The SMILES string of the molecule is COc1ccnc(N2CCc3nc(C)[nH]c(=O)c3C2)n1. The predicted octanol–water partition coefficient (Wildman–Crippen LogP) is 0.440. The van der Waals surface area contributed by atoms with Crippen LogP contribution >= 0.6 is 0 Å². The Morgan fingerprint density at radius 1 is 1.40 bits per heavy atom. The summed E-state index contributed by atoms with van der Waals surface area (Å²) in [5, 5.41) is 0. The maximum atomic E-state index is 12.0. The van der Waals surface area contributed by atoms with E-state index in [-0.39, 0.29) is 5.56 Å². The molecule has 0 saturated heterocycles. The van der Waals surface area contributed by atoms with E-state index in [2.05, 4.69) is 19.9 Å². The number of rotatable bonds is 2. The fourth-order valence-corrected chi connectivity index (χ4v) is 2.32. The summed E-state index contributed by atoms with van der Waals surface area (Å²) in [6.07, 6.45) is 2.36. The Bertz CT molecular complexity index is 697. The van der Waals surface area contributed by atoms with Gasteiger partial charge in [0.25, 0.3) is 5.56 Å². The molecular formula is C13H15N5O2. The summed E-state index contributed by atoms with van der Waals surface area (Å²) in [6, 6.07) is 1.69. The van der Waals surface area contributed by atoms with Gasteiger partial charge in [-0.2, -0.15) is 4.98 Å². The Balaban J connectivity index is 1.94. The van der Waals surface area contributed by atoms with E-state index < -0.39 is 0 Å². The molecule has 20 heavy (non-hydrogen) atoms. The minimum Gasteiger partial charge on any atom is -0.481 e. The van der Waals surface area contributed by atoms with Crippen LogP contribution in [-0.2, 0) is 13.0 Å². The van der Waals surface area contributed by atoms with Crippen molar-refractivity contribution in [2.75, 3.05) is 18.6 Å². The lowest BCUT2D eigenvalue weighted by atomic mass is 10.1. The zero-order valence-electron chi connectivity index (χ0n) is 11.4. The molecule has 0 saturated carbocycles. The fourth-order valence-electron chi connectivity index (χ4n) is 2.32. The number of hydrogen-bond donors (Lipinski definition) is 1. The van der Waals surface area contributed by atoms with Crippen LogP contribution in [0.5, 0.6) is 5.88 Å². The Morgan fingerprint density at radius 3 is 3.05 bits per heavy atom. The highest BCUT2D eigenvalue weighted by Gasteiger charge is 2.22. The zero-order chi connectivity index (χ0) is 14.1. The van der Waals surface area contributed by atoms with Gasteiger partial charge in [-0.15, -0.1) is 0 Å². The summed E-state index contributed by atoms with van der Waals surface area (Å²) in [5.41, 5.74) is 1.47. The second-order valence-corrected chi connectivity index (χ2v) is 4.65. The van der Waals surface area contributed by atoms with Crippen LogP contribution in [0.4, 0.5) is 5.95 Å². The number of aromatic amines is 1. The van der Waals surface area contributed by atoms with Crippen molar-refractivity contribution in [1.82, 2.24) is 19.9 Å². The molecule has 0 atom stereocenters. The van der Waals surface area contributed by atoms with Gasteiger partial charge in [-0.1, -0.05) is 0 Å². The third-order valence-corrected chi connectivity index (χ3v) is 3.30. The highest BCUT2D eigenvalue weighted by Crippen LogP contribution is 2.19. The van der Waals surface area contributed by atoms with Crippen molar-refractivity contribution in [3.8, 4) is 5.88 Å². The molecule has 7 heteroatoms. The van der Waals surface area contributed by atoms with Crippen LogP contribution in [0, 0.1) is 6.92 Å². The van der Waals surface area contributed by atoms with Gasteiger partial charge in [0.15, 0.2) is 0 Å². The van der Waals surface area contributed by atoms with Crippen molar-refractivity contribution in [2.24, 2.45) is 0 Å². The molecule has 104 valence electrons. The molecule has 0 spiro atoms. The molecule has 0 unspecified atom stereocenters. The van der Waals surface area contributed by atoms with Gasteiger partial charge in [0, 0.05) is 25.2 Å². The lowest BCUT2D eigenvalue weighted by Gasteiger charge is -2.27. The zero-order valence-corrected chi connectivity index (χ0v) is 11.4. The standard InChI is InChI=1S/C13H15N5O2/c1-8-15-10-4-6-18(7-9(10)12(19)16-8)13-14-5-3-11(17-13)20-2/h3,5H,4,6-7H2,1-2H3,(H,15,16,19). The van der Waals surface area contributed by atoms with Gasteiger partial charge in [0.1, 0.15) is 5.82 Å². The van der Waals surface area contributed by atoms with E-state index in [1.165, 1.54) is 0 Å². The molecule has 2 aromatic rings. The molecule has 0 aliphatic carbocycles. The molecule has 0 bridgehead atoms. The topological polar surface area (TPSA) is 84.0 Å². The molecular weight excluding hydrogens is 258 g/mol. The van der Waals surface area contributed by atoms with Gasteiger partial charge in [0.2, 0.25) is 11.8 Å². The van der Waals surface area contributed by atoms with Crippen LogP contribution in [0.2, 0.25) is 0 Å². The monoisotopic (exact) mass is 273 g/mol. The average Bonchev–Trinajstić information content (AvgIpc) is 2.47. The fraction of sp³-hybridized carbons (Fsp3) is 0.385. The number of nitrogens with one attached hydrogen (secondary N) is 1. The van der Waals surface area contributed by atoms with Gasteiger partial charge in [0.05, 0.1) is 24.9 Å². The van der Waals surface area contributed by atoms with Crippen molar-refractivity contribution in [3.05, 3.63) is 39.7 Å². The third-order valence-electron chi connectivity index (χ3n) is 3.30. The van der Waals surface area contributed by atoms with E-state index in [1.54, 1.807) is 26.3 Å². The first-order valence-electron chi connectivity index (χ1n) is 6.38. The van der Waals surface area contributed by atoms with Crippen molar-refractivity contribution in [2.45, 2.75) is 19.9 Å². The molecule has 0 fully saturated rings. The number of methoxy groups -OCH3 is 1. The highest BCUT2D eigenvalue weighted by molar-refractivity contribution is 5.37. The summed E-state index contributed by atoms with van der Waals surface area (Å²) in [5.74, 6) is 1.73. The smallest absolute Gasteiger partial charge is 0.256 e. The first-order chi connectivity index (χ1) is 9.67. The van der Waals surface area contributed by atoms with E-state index in [1.807, 2.05) is 4.90 Å². The molecule has 0 amide bonds. The van der Waals surface area contributed by atoms with Gasteiger partial charge >= 0.3 is 0 Å². The molecule has 0 aromatic carbocycles. The van der Waals surface area contributed by atoms with Gasteiger partial charge in [-0.25, -0.2) is 9.97 Å². The number of aryl methyl sites for hydroxylation is 1. The van der Waals surface area contributed by atoms with E-state index in [0.29, 0.717) is 36.2 Å². The third kappa shape index (κ3) is 2.22. The first kappa shape index (κ1) is 12.6.